The third-order valence-electron chi connectivity index (χ3n) is 14.9. The fourth-order valence-corrected chi connectivity index (χ4v) is 11.0. The number of aliphatic hydroxyl groups is 1. The number of anilines is 4. The summed E-state index contributed by atoms with van der Waals surface area (Å²) in [6.45, 7) is 9.52. The Kier molecular flexibility index (Phi) is 10.2. The zero-order valence-electron chi connectivity index (χ0n) is 36.7. The number of benzene rings is 2. The van der Waals surface area contributed by atoms with Gasteiger partial charge in [0.05, 0.1) is 11.4 Å². The number of carbonyl (C=O) groups is 3. The molecule has 6 aliphatic rings. The largest absolute Gasteiger partial charge is 0.384 e. The van der Waals surface area contributed by atoms with Gasteiger partial charge >= 0.3 is 0 Å². The van der Waals surface area contributed by atoms with Gasteiger partial charge in [0, 0.05) is 108 Å². The second-order valence-electron chi connectivity index (χ2n) is 18.5. The van der Waals surface area contributed by atoms with Crippen molar-refractivity contribution in [2.75, 3.05) is 67.5 Å². The number of aryl methyl sites for hydroxylation is 1. The summed E-state index contributed by atoms with van der Waals surface area (Å²) in [6.07, 6.45) is 6.16. The van der Waals surface area contributed by atoms with Gasteiger partial charge in [0.25, 0.3) is 11.5 Å². The number of likely N-dealkylation sites (tertiary alicyclic amines) is 1. The lowest BCUT2D eigenvalue weighted by atomic mass is 9.97. The minimum Gasteiger partial charge on any atom is -0.384 e. The Morgan fingerprint density at radius 3 is 2.35 bits per heavy atom. The zero-order chi connectivity index (χ0) is 44.7. The molecule has 11 rings (SSSR count). The van der Waals surface area contributed by atoms with Crippen molar-refractivity contribution >= 4 is 51.8 Å². The highest BCUT2D eigenvalue weighted by molar-refractivity contribution is 6.05. The first-order chi connectivity index (χ1) is 31.4. The van der Waals surface area contributed by atoms with Crippen LogP contribution in [0, 0.1) is 5.82 Å². The van der Waals surface area contributed by atoms with Gasteiger partial charge in [-0.1, -0.05) is 13.0 Å². The standard InChI is InChI=1S/C47H53FN12O5/c1-3-47(65)15-12-28-4-10-39(51-41(28)47)60-42-35(44(63)54(60)2)24-49-46(53-42)50-30-5-7-31(8-6-30)56-18-20-57(21-19-56)32-13-16-55(17-14-32)33-26-58(27-33)38-22-29-25-59(45(64)34(29)23-36(38)48)37-9-11-40(61)52-43(37)62/h4-8,10,22-24,32-33,37,65H,3,9,11-21,25-27H2,1-2H3,(H,49,50,53)(H,52,61,62)/t37?,47-/m1/s1. The number of nitrogens with one attached hydrogen (secondary N) is 2. The topological polar surface area (TPSA) is 177 Å². The maximum atomic E-state index is 15.4. The number of pyridine rings is 1. The molecule has 8 heterocycles. The summed E-state index contributed by atoms with van der Waals surface area (Å²) in [5.41, 5.74) is 4.41. The Bertz CT molecular complexity index is 2790. The average Bonchev–Trinajstić information content (AvgIpc) is 3.89. The van der Waals surface area contributed by atoms with E-state index >= 15 is 4.39 Å². The van der Waals surface area contributed by atoms with Crippen LogP contribution < -0.4 is 26.0 Å². The maximum absolute atomic E-state index is 15.4. The van der Waals surface area contributed by atoms with Crippen LogP contribution in [0.5, 0.6) is 0 Å². The average molecular weight is 885 g/mol. The molecule has 0 radical (unpaired) electrons. The van der Waals surface area contributed by atoms with Crippen LogP contribution in [0.15, 0.2) is 59.5 Å². The summed E-state index contributed by atoms with van der Waals surface area (Å²) in [7, 11) is 1.68. The van der Waals surface area contributed by atoms with Gasteiger partial charge in [-0.05, 0) is 92.1 Å². The molecule has 3 amide bonds. The highest BCUT2D eigenvalue weighted by Crippen LogP contribution is 2.39. The van der Waals surface area contributed by atoms with Gasteiger partial charge in [-0.2, -0.15) is 4.98 Å². The molecule has 338 valence electrons. The SMILES string of the molecule is CC[C@@]1(O)CCc2ccc(-n3c4nc(Nc5ccc(N6CCN(C7CCN(C8CN(c9cc%10c(cc9F)C(=O)N(C9CCC(=O)NC9=O)C%10)C8)CC7)CC6)cc5)ncc4c(=O)n3C)nc21. The Labute approximate surface area is 374 Å². The van der Waals surface area contributed by atoms with E-state index in [2.05, 4.69) is 42.5 Å². The van der Waals surface area contributed by atoms with Crippen LogP contribution >= 0.6 is 0 Å². The van der Waals surface area contributed by atoms with Crippen LogP contribution in [0.2, 0.25) is 0 Å². The van der Waals surface area contributed by atoms with Crippen LogP contribution in [0.1, 0.15) is 72.6 Å². The number of amides is 3. The molecule has 5 aromatic rings. The number of fused-ring (bicyclic) bond motifs is 3. The zero-order valence-corrected chi connectivity index (χ0v) is 36.7. The first-order valence-corrected chi connectivity index (χ1v) is 22.9. The van der Waals surface area contributed by atoms with Crippen molar-refractivity contribution in [1.29, 1.82) is 0 Å². The van der Waals surface area contributed by atoms with E-state index in [4.69, 9.17) is 9.97 Å². The molecular weight excluding hydrogens is 832 g/mol. The van der Waals surface area contributed by atoms with Crippen LogP contribution in [-0.2, 0) is 35.2 Å². The second-order valence-corrected chi connectivity index (χ2v) is 18.5. The summed E-state index contributed by atoms with van der Waals surface area (Å²) in [5.74, 6) is -0.715. The molecule has 0 bridgehead atoms. The van der Waals surface area contributed by atoms with Crippen LogP contribution in [0.3, 0.4) is 0 Å². The van der Waals surface area contributed by atoms with Gasteiger partial charge < -0.3 is 25.1 Å². The van der Waals surface area contributed by atoms with Crippen LogP contribution in [-0.4, -0.2) is 132 Å². The number of carbonyl (C=O) groups excluding carboxylic acids is 3. The number of hydrogen-bond acceptors (Lipinski definition) is 13. The molecule has 1 unspecified atom stereocenters. The predicted molar refractivity (Wildman–Crippen MR) is 241 cm³/mol. The number of piperidine rings is 2. The van der Waals surface area contributed by atoms with Crippen LogP contribution in [0.25, 0.3) is 16.9 Å². The van der Waals surface area contributed by atoms with E-state index in [1.54, 1.807) is 24.0 Å². The molecule has 2 atom stereocenters. The van der Waals surface area contributed by atoms with E-state index in [9.17, 15) is 24.3 Å². The number of halogens is 1. The number of hydrogen-bond donors (Lipinski definition) is 3. The quantitative estimate of drug-likeness (QED) is 0.184. The summed E-state index contributed by atoms with van der Waals surface area (Å²) in [5, 5.41) is 17.2. The van der Waals surface area contributed by atoms with Gasteiger partial charge in [-0.3, -0.25) is 34.3 Å². The molecule has 4 saturated heterocycles. The van der Waals surface area contributed by atoms with E-state index < -0.39 is 23.4 Å². The molecule has 0 saturated carbocycles. The second kappa shape index (κ2) is 16.0. The van der Waals surface area contributed by atoms with Crippen molar-refractivity contribution in [3.63, 3.8) is 0 Å². The first-order valence-electron chi connectivity index (χ1n) is 22.9. The summed E-state index contributed by atoms with van der Waals surface area (Å²) in [6, 6.07) is 15.4. The van der Waals surface area contributed by atoms with E-state index in [-0.39, 0.29) is 36.8 Å². The van der Waals surface area contributed by atoms with Gasteiger partial charge in [-0.25, -0.2) is 23.7 Å². The number of piperazine rings is 1. The highest BCUT2D eigenvalue weighted by Gasteiger charge is 2.42. The first kappa shape index (κ1) is 41.5. The van der Waals surface area contributed by atoms with Gasteiger partial charge in [0.1, 0.15) is 22.8 Å². The van der Waals surface area contributed by atoms with Crippen LogP contribution in [0.4, 0.5) is 27.4 Å². The van der Waals surface area contributed by atoms with Crippen molar-refractivity contribution < 1.29 is 23.9 Å². The van der Waals surface area contributed by atoms with E-state index in [0.29, 0.717) is 64.7 Å². The molecule has 0 spiro atoms. The van der Waals surface area contributed by atoms with Crippen molar-refractivity contribution in [3.8, 4) is 5.82 Å². The maximum Gasteiger partial charge on any atom is 0.277 e. The molecule has 3 aromatic heterocycles. The molecule has 65 heavy (non-hydrogen) atoms. The third-order valence-corrected chi connectivity index (χ3v) is 14.9. The fourth-order valence-electron chi connectivity index (χ4n) is 11.0. The molecule has 2 aromatic carbocycles. The molecule has 5 aliphatic heterocycles. The number of aromatic nitrogens is 5. The monoisotopic (exact) mass is 884 g/mol. The molecule has 1 aliphatic carbocycles. The molecule has 18 heteroatoms. The summed E-state index contributed by atoms with van der Waals surface area (Å²) < 4.78 is 18.6. The Morgan fingerprint density at radius 2 is 1.62 bits per heavy atom. The van der Waals surface area contributed by atoms with Crippen molar-refractivity contribution in [2.45, 2.75) is 82.1 Å². The lowest BCUT2D eigenvalue weighted by molar-refractivity contribution is -0.136. The summed E-state index contributed by atoms with van der Waals surface area (Å²) in [4.78, 5) is 75.7. The number of nitrogens with zero attached hydrogens (tertiary/aromatic N) is 10. The fraction of sp³-hybridized carbons (Fsp3) is 0.468. The lowest BCUT2D eigenvalue weighted by Gasteiger charge is -2.50. The van der Waals surface area contributed by atoms with Crippen molar-refractivity contribution in [1.82, 2.24) is 44.3 Å². The predicted octanol–water partition coefficient (Wildman–Crippen LogP) is 3.18. The Morgan fingerprint density at radius 1 is 0.862 bits per heavy atom. The number of imide groups is 1. The Hall–Kier alpha value is -6.24. The smallest absolute Gasteiger partial charge is 0.277 e. The van der Waals surface area contributed by atoms with E-state index in [0.717, 1.165) is 94.1 Å². The van der Waals surface area contributed by atoms with Gasteiger partial charge in [-0.15, -0.1) is 0 Å². The molecule has 3 N–H and O–H groups in total. The third kappa shape index (κ3) is 7.22. The number of rotatable bonds is 9. The minimum atomic E-state index is -0.979. The minimum absolute atomic E-state index is 0.179. The normalized spacial score (nSPS) is 23.3. The molecule has 17 nitrogen and oxygen atoms in total. The van der Waals surface area contributed by atoms with E-state index in [1.165, 1.54) is 15.6 Å². The van der Waals surface area contributed by atoms with Crippen molar-refractivity contribution in [2.24, 2.45) is 7.05 Å². The van der Waals surface area contributed by atoms with E-state index in [1.807, 2.05) is 36.1 Å². The van der Waals surface area contributed by atoms with Crippen molar-refractivity contribution in [3.05, 3.63) is 93.3 Å². The highest BCUT2D eigenvalue weighted by atomic mass is 19.1. The van der Waals surface area contributed by atoms with Gasteiger partial charge in [0.2, 0.25) is 17.8 Å². The molecular formula is C47H53FN12O5. The van der Waals surface area contributed by atoms with Gasteiger partial charge in [0.15, 0.2) is 11.5 Å². The summed E-state index contributed by atoms with van der Waals surface area (Å²) >= 11 is 0. The lowest BCUT2D eigenvalue weighted by Crippen LogP contribution is -2.62. The molecule has 4 fully saturated rings. The Balaban J connectivity index is 0.662.